The van der Waals surface area contributed by atoms with E-state index in [1.165, 1.54) is 4.90 Å². The zero-order valence-corrected chi connectivity index (χ0v) is 26.9. The lowest BCUT2D eigenvalue weighted by molar-refractivity contribution is -0.144. The summed E-state index contributed by atoms with van der Waals surface area (Å²) in [4.78, 5) is 53.8. The molecule has 0 aliphatic heterocycles. The summed E-state index contributed by atoms with van der Waals surface area (Å²) in [6.07, 6.45) is 5.30. The summed E-state index contributed by atoms with van der Waals surface area (Å²) < 4.78 is 10.4. The fourth-order valence-electron chi connectivity index (χ4n) is 4.52. The smallest absolute Gasteiger partial charge is 0.408 e. The Kier molecular flexibility index (Phi) is 16.5. The molecule has 0 radical (unpaired) electrons. The number of nitrogens with one attached hydrogen (secondary N) is 2. The highest BCUT2D eigenvalue weighted by molar-refractivity contribution is 7.80. The van der Waals surface area contributed by atoms with Crippen LogP contribution in [-0.2, 0) is 23.9 Å². The first kappa shape index (κ1) is 36.3. The summed E-state index contributed by atoms with van der Waals surface area (Å²) in [5, 5.41) is 5.47. The molecule has 0 fully saturated rings. The third-order valence-corrected chi connectivity index (χ3v) is 6.63. The maximum Gasteiger partial charge on any atom is 0.408 e. The van der Waals surface area contributed by atoms with Crippen molar-refractivity contribution in [2.45, 2.75) is 111 Å². The van der Waals surface area contributed by atoms with Crippen LogP contribution in [0.15, 0.2) is 18.2 Å². The van der Waals surface area contributed by atoms with E-state index in [1.807, 2.05) is 32.0 Å². The normalized spacial score (nSPS) is 12.7. The molecule has 10 heteroatoms. The second-order valence-corrected chi connectivity index (χ2v) is 11.7. The molecule has 1 aromatic carbocycles. The summed E-state index contributed by atoms with van der Waals surface area (Å²) in [5.41, 5.74) is 1.82. The standard InChI is InChI=1S/C31H51N3O6S/c1-8-10-11-12-13-14-17-34(29(37)25(21-41)33-30(38)40-31(5,6)7)27(24-19-22(3)18-23(4)20-24)28(36)32-16-15-26(35)39-9-2/h18-20,25,27,41H,8-17,21H2,1-7H3,(H,32,36)(H,33,38). The summed E-state index contributed by atoms with van der Waals surface area (Å²) in [5.74, 6) is -1.22. The predicted molar refractivity (Wildman–Crippen MR) is 165 cm³/mol. The Balaban J connectivity index is 3.38. The predicted octanol–water partition coefficient (Wildman–Crippen LogP) is 5.43. The van der Waals surface area contributed by atoms with Gasteiger partial charge in [-0.25, -0.2) is 4.79 Å². The van der Waals surface area contributed by atoms with E-state index in [0.29, 0.717) is 18.5 Å². The molecule has 0 aliphatic carbocycles. The molecule has 9 nitrogen and oxygen atoms in total. The molecule has 0 spiro atoms. The molecule has 0 aromatic heterocycles. The van der Waals surface area contributed by atoms with Crippen molar-refractivity contribution in [2.24, 2.45) is 0 Å². The van der Waals surface area contributed by atoms with Crippen LogP contribution in [0.1, 0.15) is 102 Å². The number of amides is 3. The van der Waals surface area contributed by atoms with E-state index < -0.39 is 41.6 Å². The summed E-state index contributed by atoms with van der Waals surface area (Å²) in [6.45, 7) is 13.6. The first-order chi connectivity index (χ1) is 19.3. The number of alkyl carbamates (subject to hydrolysis) is 1. The van der Waals surface area contributed by atoms with Gasteiger partial charge in [-0.1, -0.05) is 68.4 Å². The van der Waals surface area contributed by atoms with Crippen LogP contribution in [0.4, 0.5) is 4.79 Å². The molecular weight excluding hydrogens is 542 g/mol. The minimum atomic E-state index is -1.01. The Bertz CT molecular complexity index is 974. The number of unbranched alkanes of at least 4 members (excludes halogenated alkanes) is 5. The van der Waals surface area contributed by atoms with Gasteiger partial charge in [-0.05, 0) is 53.5 Å². The van der Waals surface area contributed by atoms with Crippen molar-refractivity contribution in [1.29, 1.82) is 0 Å². The first-order valence-electron chi connectivity index (χ1n) is 14.7. The van der Waals surface area contributed by atoms with Gasteiger partial charge in [0.1, 0.15) is 17.7 Å². The number of carbonyl (C=O) groups excluding carboxylic acids is 4. The molecule has 0 bridgehead atoms. The molecule has 2 unspecified atom stereocenters. The molecule has 232 valence electrons. The lowest BCUT2D eigenvalue weighted by Crippen LogP contribution is -2.54. The van der Waals surface area contributed by atoms with Gasteiger partial charge in [-0.3, -0.25) is 14.4 Å². The number of aryl methyl sites for hydroxylation is 2. The molecule has 1 aromatic rings. The molecule has 41 heavy (non-hydrogen) atoms. The fraction of sp³-hybridized carbons (Fsp3) is 0.677. The third kappa shape index (κ3) is 14.1. The van der Waals surface area contributed by atoms with Gasteiger partial charge >= 0.3 is 12.1 Å². The molecule has 0 aliphatic rings. The molecule has 2 N–H and O–H groups in total. The highest BCUT2D eigenvalue weighted by Crippen LogP contribution is 2.26. The van der Waals surface area contributed by atoms with Crippen molar-refractivity contribution >= 4 is 36.5 Å². The Hall–Kier alpha value is -2.75. The van der Waals surface area contributed by atoms with E-state index in [9.17, 15) is 19.2 Å². The van der Waals surface area contributed by atoms with Crippen molar-refractivity contribution in [3.05, 3.63) is 34.9 Å². The Morgan fingerprint density at radius 2 is 1.56 bits per heavy atom. The number of esters is 1. The number of rotatable bonds is 17. The second kappa shape index (κ2) is 18.6. The maximum absolute atomic E-state index is 14.1. The molecular formula is C31H51N3O6S. The summed E-state index contributed by atoms with van der Waals surface area (Å²) in [7, 11) is 0. The molecule has 2 atom stereocenters. The van der Waals surface area contributed by atoms with Crippen LogP contribution >= 0.6 is 12.6 Å². The maximum atomic E-state index is 14.1. The van der Waals surface area contributed by atoms with Crippen LogP contribution in [0.2, 0.25) is 0 Å². The largest absolute Gasteiger partial charge is 0.466 e. The monoisotopic (exact) mass is 593 g/mol. The first-order valence-corrected chi connectivity index (χ1v) is 15.4. The number of carbonyl (C=O) groups is 4. The van der Waals surface area contributed by atoms with Crippen molar-refractivity contribution in [1.82, 2.24) is 15.5 Å². The zero-order chi connectivity index (χ0) is 31.0. The van der Waals surface area contributed by atoms with Crippen molar-refractivity contribution in [3.63, 3.8) is 0 Å². The lowest BCUT2D eigenvalue weighted by Gasteiger charge is -2.34. The van der Waals surface area contributed by atoms with Crippen molar-refractivity contribution in [3.8, 4) is 0 Å². The highest BCUT2D eigenvalue weighted by atomic mass is 32.1. The van der Waals surface area contributed by atoms with E-state index in [2.05, 4.69) is 30.2 Å². The van der Waals surface area contributed by atoms with Gasteiger partial charge in [0, 0.05) is 18.8 Å². The van der Waals surface area contributed by atoms with Gasteiger partial charge in [0.2, 0.25) is 11.8 Å². The zero-order valence-electron chi connectivity index (χ0n) is 26.0. The van der Waals surface area contributed by atoms with Gasteiger partial charge in [0.05, 0.1) is 13.0 Å². The number of nitrogens with zero attached hydrogens (tertiary/aromatic N) is 1. The van der Waals surface area contributed by atoms with Crippen LogP contribution < -0.4 is 10.6 Å². The Morgan fingerprint density at radius 1 is 0.951 bits per heavy atom. The molecule has 1 rings (SSSR count). The van der Waals surface area contributed by atoms with Crippen LogP contribution in [-0.4, -0.2) is 65.9 Å². The Morgan fingerprint density at radius 3 is 2.12 bits per heavy atom. The second-order valence-electron chi connectivity index (χ2n) is 11.4. The molecule has 3 amide bonds. The highest BCUT2D eigenvalue weighted by Gasteiger charge is 2.35. The van der Waals surface area contributed by atoms with Crippen LogP contribution in [0, 0.1) is 13.8 Å². The van der Waals surface area contributed by atoms with Crippen LogP contribution in [0.3, 0.4) is 0 Å². The van der Waals surface area contributed by atoms with Crippen molar-refractivity contribution < 1.29 is 28.7 Å². The summed E-state index contributed by atoms with van der Waals surface area (Å²) >= 11 is 4.35. The molecule has 0 saturated carbocycles. The number of hydrogen-bond acceptors (Lipinski definition) is 7. The summed E-state index contributed by atoms with van der Waals surface area (Å²) in [6, 6.07) is 3.80. The van der Waals surface area contributed by atoms with Crippen LogP contribution in [0.25, 0.3) is 0 Å². The van der Waals surface area contributed by atoms with E-state index in [4.69, 9.17) is 9.47 Å². The number of benzene rings is 1. The number of thiol groups is 1. The van der Waals surface area contributed by atoms with Gasteiger partial charge < -0.3 is 25.0 Å². The van der Waals surface area contributed by atoms with E-state index in [-0.39, 0.29) is 25.3 Å². The average molecular weight is 594 g/mol. The van der Waals surface area contributed by atoms with E-state index >= 15 is 0 Å². The average Bonchev–Trinajstić information content (AvgIpc) is 2.86. The fourth-order valence-corrected chi connectivity index (χ4v) is 4.77. The van der Waals surface area contributed by atoms with Crippen molar-refractivity contribution in [2.75, 3.05) is 25.4 Å². The minimum Gasteiger partial charge on any atom is -0.466 e. The third-order valence-electron chi connectivity index (χ3n) is 6.26. The van der Waals surface area contributed by atoms with Gasteiger partial charge in [0.15, 0.2) is 0 Å². The minimum absolute atomic E-state index is 0.0178. The number of hydrogen-bond donors (Lipinski definition) is 3. The molecule has 0 heterocycles. The quantitative estimate of drug-likeness (QED) is 0.126. The lowest BCUT2D eigenvalue weighted by atomic mass is 9.98. The molecule has 0 saturated heterocycles. The SMILES string of the molecule is CCCCCCCCN(C(=O)C(CS)NC(=O)OC(C)(C)C)C(C(=O)NCCC(=O)OCC)c1cc(C)cc(C)c1. The number of ether oxygens (including phenoxy) is 2. The van der Waals surface area contributed by atoms with Gasteiger partial charge in [0.25, 0.3) is 0 Å². The Labute approximate surface area is 251 Å². The van der Waals surface area contributed by atoms with E-state index in [1.54, 1.807) is 27.7 Å². The van der Waals surface area contributed by atoms with Gasteiger partial charge in [-0.15, -0.1) is 0 Å². The topological polar surface area (TPSA) is 114 Å². The van der Waals surface area contributed by atoms with Crippen LogP contribution in [0.5, 0.6) is 0 Å². The van der Waals surface area contributed by atoms with Gasteiger partial charge in [-0.2, -0.15) is 12.6 Å². The van der Waals surface area contributed by atoms with E-state index in [0.717, 1.165) is 43.2 Å².